The van der Waals surface area contributed by atoms with Crippen LogP contribution < -0.4 is 0 Å². The van der Waals surface area contributed by atoms with E-state index in [4.69, 9.17) is 14.6 Å². The van der Waals surface area contributed by atoms with Gasteiger partial charge in [0.1, 0.15) is 0 Å². The van der Waals surface area contributed by atoms with Crippen molar-refractivity contribution < 1.29 is 19.4 Å². The van der Waals surface area contributed by atoms with Crippen LogP contribution in [-0.4, -0.2) is 61.5 Å². The summed E-state index contributed by atoms with van der Waals surface area (Å²) in [7, 11) is 1.68. The van der Waals surface area contributed by atoms with Crippen LogP contribution in [0, 0.1) is 0 Å². The molecule has 108 valence electrons. The maximum Gasteiger partial charge on any atom is 0.222 e. The maximum absolute atomic E-state index is 11.5. The highest BCUT2D eigenvalue weighted by Crippen LogP contribution is 2.12. The molecule has 0 aromatic carbocycles. The first kappa shape index (κ1) is 17.4. The Kier molecular flexibility index (Phi) is 8.97. The Balaban J connectivity index is 3.77. The normalized spacial score (nSPS) is 11.6. The summed E-state index contributed by atoms with van der Waals surface area (Å²) in [5.74, 6) is 0.0462. The first-order valence-electron chi connectivity index (χ1n) is 6.48. The van der Waals surface area contributed by atoms with E-state index in [1.165, 1.54) is 0 Å². The minimum atomic E-state index is -0.177. The van der Waals surface area contributed by atoms with Gasteiger partial charge in [0.2, 0.25) is 5.91 Å². The number of ether oxygens (including phenoxy) is 2. The fraction of sp³-hybridized carbons (Fsp3) is 0.923. The lowest BCUT2D eigenvalue weighted by Gasteiger charge is -2.24. The molecule has 1 N–H and O–H groups in total. The average Bonchev–Trinajstić information content (AvgIpc) is 2.36. The minimum absolute atomic E-state index is 0.0115. The van der Waals surface area contributed by atoms with Crippen molar-refractivity contribution >= 4 is 5.91 Å². The standard InChI is InChI=1S/C13H27NO4/c1-5-12(16)14(7-9-15)8-11-18-10-6-13(2,3)17-4/h15H,5-11H2,1-4H3. The second-order valence-electron chi connectivity index (χ2n) is 4.78. The molecule has 0 bridgehead atoms. The van der Waals surface area contributed by atoms with E-state index >= 15 is 0 Å². The Morgan fingerprint density at radius 2 is 1.94 bits per heavy atom. The first-order valence-corrected chi connectivity index (χ1v) is 6.48. The highest BCUT2D eigenvalue weighted by molar-refractivity contribution is 5.75. The van der Waals surface area contributed by atoms with E-state index in [0.29, 0.717) is 32.7 Å². The summed E-state index contributed by atoms with van der Waals surface area (Å²) in [5, 5.41) is 8.87. The number of aliphatic hydroxyl groups excluding tert-OH is 1. The van der Waals surface area contributed by atoms with Gasteiger partial charge in [-0.05, 0) is 20.3 Å². The van der Waals surface area contributed by atoms with Crippen LogP contribution in [-0.2, 0) is 14.3 Å². The number of nitrogens with zero attached hydrogens (tertiary/aromatic N) is 1. The lowest BCUT2D eigenvalue weighted by atomic mass is 10.1. The van der Waals surface area contributed by atoms with Gasteiger partial charge in [-0.25, -0.2) is 0 Å². The lowest BCUT2D eigenvalue weighted by Crippen LogP contribution is -2.36. The van der Waals surface area contributed by atoms with E-state index in [2.05, 4.69) is 0 Å². The molecule has 0 atom stereocenters. The molecule has 0 unspecified atom stereocenters. The number of hydrogen-bond acceptors (Lipinski definition) is 4. The Bertz CT molecular complexity index is 231. The molecule has 0 fully saturated rings. The number of rotatable bonds is 10. The summed E-state index contributed by atoms with van der Waals surface area (Å²) in [6, 6.07) is 0. The molecule has 0 heterocycles. The van der Waals surface area contributed by atoms with Gasteiger partial charge in [-0.1, -0.05) is 6.92 Å². The molecule has 0 spiro atoms. The molecule has 0 saturated carbocycles. The quantitative estimate of drug-likeness (QED) is 0.597. The zero-order chi connectivity index (χ0) is 14.0. The SMILES string of the molecule is CCC(=O)N(CCO)CCOCCC(C)(C)OC. The Hall–Kier alpha value is -0.650. The van der Waals surface area contributed by atoms with Crippen LogP contribution in [0.5, 0.6) is 0 Å². The van der Waals surface area contributed by atoms with Crippen LogP contribution >= 0.6 is 0 Å². The fourth-order valence-corrected chi connectivity index (χ4v) is 1.40. The van der Waals surface area contributed by atoms with Gasteiger partial charge in [0.05, 0.1) is 18.8 Å². The van der Waals surface area contributed by atoms with Crippen molar-refractivity contribution in [3.8, 4) is 0 Å². The minimum Gasteiger partial charge on any atom is -0.395 e. The molecule has 0 aliphatic rings. The van der Waals surface area contributed by atoms with Crippen molar-refractivity contribution in [1.29, 1.82) is 0 Å². The largest absolute Gasteiger partial charge is 0.395 e. The predicted molar refractivity (Wildman–Crippen MR) is 70.5 cm³/mol. The molecular weight excluding hydrogens is 234 g/mol. The van der Waals surface area contributed by atoms with Gasteiger partial charge in [-0.15, -0.1) is 0 Å². The van der Waals surface area contributed by atoms with Gasteiger partial charge in [0.25, 0.3) is 0 Å². The highest BCUT2D eigenvalue weighted by atomic mass is 16.5. The Morgan fingerprint density at radius 3 is 2.44 bits per heavy atom. The third-order valence-corrected chi connectivity index (χ3v) is 2.93. The zero-order valence-electron chi connectivity index (χ0n) is 12.1. The van der Waals surface area contributed by atoms with Crippen LogP contribution in [0.15, 0.2) is 0 Å². The molecule has 0 aliphatic heterocycles. The summed E-state index contributed by atoms with van der Waals surface area (Å²) in [4.78, 5) is 13.1. The van der Waals surface area contributed by atoms with Crippen molar-refractivity contribution in [3.05, 3.63) is 0 Å². The van der Waals surface area contributed by atoms with Gasteiger partial charge in [-0.2, -0.15) is 0 Å². The Morgan fingerprint density at radius 1 is 1.28 bits per heavy atom. The van der Waals surface area contributed by atoms with Crippen molar-refractivity contribution in [2.75, 3.05) is 40.0 Å². The topological polar surface area (TPSA) is 59.0 Å². The van der Waals surface area contributed by atoms with Crippen LogP contribution in [0.2, 0.25) is 0 Å². The van der Waals surface area contributed by atoms with Crippen LogP contribution in [0.1, 0.15) is 33.6 Å². The number of aliphatic hydroxyl groups is 1. The van der Waals surface area contributed by atoms with Crippen molar-refractivity contribution in [2.45, 2.75) is 39.2 Å². The van der Waals surface area contributed by atoms with E-state index in [1.54, 1.807) is 12.0 Å². The molecule has 0 rings (SSSR count). The average molecular weight is 261 g/mol. The number of carbonyl (C=O) groups is 1. The second kappa shape index (κ2) is 9.30. The summed E-state index contributed by atoms with van der Waals surface area (Å²) in [5.41, 5.74) is -0.177. The monoisotopic (exact) mass is 261 g/mol. The smallest absolute Gasteiger partial charge is 0.222 e. The van der Waals surface area contributed by atoms with Crippen molar-refractivity contribution in [1.82, 2.24) is 4.90 Å². The highest BCUT2D eigenvalue weighted by Gasteiger charge is 2.16. The van der Waals surface area contributed by atoms with Crippen LogP contribution in [0.3, 0.4) is 0 Å². The van der Waals surface area contributed by atoms with Crippen molar-refractivity contribution in [3.63, 3.8) is 0 Å². The number of carbonyl (C=O) groups excluding carboxylic acids is 1. The van der Waals surface area contributed by atoms with Gasteiger partial charge >= 0.3 is 0 Å². The molecule has 0 aromatic heterocycles. The van der Waals surface area contributed by atoms with Crippen LogP contribution in [0.25, 0.3) is 0 Å². The van der Waals surface area contributed by atoms with E-state index in [1.807, 2.05) is 20.8 Å². The Labute approximate surface area is 110 Å². The number of amides is 1. The zero-order valence-corrected chi connectivity index (χ0v) is 12.1. The molecule has 0 aliphatic carbocycles. The van der Waals surface area contributed by atoms with Gasteiger partial charge in [-0.3, -0.25) is 4.79 Å². The molecule has 0 saturated heterocycles. The summed E-state index contributed by atoms with van der Waals surface area (Å²) in [6.07, 6.45) is 1.27. The molecular formula is C13H27NO4. The lowest BCUT2D eigenvalue weighted by molar-refractivity contribution is -0.132. The molecule has 0 radical (unpaired) electrons. The third-order valence-electron chi connectivity index (χ3n) is 2.93. The summed E-state index contributed by atoms with van der Waals surface area (Å²) >= 11 is 0. The summed E-state index contributed by atoms with van der Waals surface area (Å²) in [6.45, 7) is 7.82. The molecule has 5 heteroatoms. The molecule has 1 amide bonds. The predicted octanol–water partition coefficient (Wildman–Crippen LogP) is 1.05. The number of hydrogen-bond donors (Lipinski definition) is 1. The number of methoxy groups -OCH3 is 1. The van der Waals surface area contributed by atoms with E-state index in [0.717, 1.165) is 6.42 Å². The first-order chi connectivity index (χ1) is 8.46. The van der Waals surface area contributed by atoms with E-state index < -0.39 is 0 Å². The van der Waals surface area contributed by atoms with Gasteiger partial charge < -0.3 is 19.5 Å². The maximum atomic E-state index is 11.5. The third kappa shape index (κ3) is 7.63. The molecule has 0 aromatic rings. The molecule has 18 heavy (non-hydrogen) atoms. The second-order valence-corrected chi connectivity index (χ2v) is 4.78. The van der Waals surface area contributed by atoms with Gasteiger partial charge in [0, 0.05) is 33.2 Å². The van der Waals surface area contributed by atoms with E-state index in [9.17, 15) is 4.79 Å². The van der Waals surface area contributed by atoms with Crippen molar-refractivity contribution in [2.24, 2.45) is 0 Å². The fourth-order valence-electron chi connectivity index (χ4n) is 1.40. The van der Waals surface area contributed by atoms with Gasteiger partial charge in [0.15, 0.2) is 0 Å². The van der Waals surface area contributed by atoms with E-state index in [-0.39, 0.29) is 18.1 Å². The molecule has 5 nitrogen and oxygen atoms in total. The summed E-state index contributed by atoms with van der Waals surface area (Å²) < 4.78 is 10.8. The van der Waals surface area contributed by atoms with Crippen LogP contribution in [0.4, 0.5) is 0 Å².